The molecule has 0 unspecified atom stereocenters. The van der Waals surface area contributed by atoms with E-state index in [2.05, 4.69) is 161 Å². The minimum absolute atomic E-state index is 0.0124. The van der Waals surface area contributed by atoms with Crippen molar-refractivity contribution < 1.29 is 72.8 Å². The first-order valence-corrected chi connectivity index (χ1v) is 47.6. The lowest BCUT2D eigenvalue weighted by Gasteiger charge is -2.36. The first-order chi connectivity index (χ1) is 72.7. The highest BCUT2D eigenvalue weighted by Crippen LogP contribution is 2.31. The summed E-state index contributed by atoms with van der Waals surface area (Å²) in [5, 5.41) is 17.3. The summed E-state index contributed by atoms with van der Waals surface area (Å²) in [6.07, 6.45) is 10.8. The Bertz CT molecular complexity index is 6450. The summed E-state index contributed by atoms with van der Waals surface area (Å²) in [5.41, 5.74) is 30.3. The molecule has 0 saturated carbocycles. The number of alkyl halides is 3. The van der Waals surface area contributed by atoms with Gasteiger partial charge >= 0.3 is 6.36 Å². The Morgan fingerprint density at radius 1 is 0.333 bits per heavy atom. The smallest absolute Gasteiger partial charge is 0.491 e. The molecule has 0 amide bonds. The van der Waals surface area contributed by atoms with Crippen LogP contribution in [0.4, 0.5) is 83.2 Å². The quantitative estimate of drug-likeness (QED) is 0.0308. The zero-order chi connectivity index (χ0) is 105. The number of halogens is 3. The predicted octanol–water partition coefficient (Wildman–Crippen LogP) is 6.26. The van der Waals surface area contributed by atoms with Crippen LogP contribution in [0.3, 0.4) is 0 Å². The summed E-state index contributed by atoms with van der Waals surface area (Å²) in [6.45, 7) is 23.0. The van der Waals surface area contributed by atoms with Crippen molar-refractivity contribution in [2.24, 2.45) is 0 Å². The van der Waals surface area contributed by atoms with Crippen molar-refractivity contribution in [3.8, 4) is 69.9 Å². The van der Waals surface area contributed by atoms with E-state index in [0.29, 0.717) is 119 Å². The largest absolute Gasteiger partial charge is 0.522 e. The number of oxazole rings is 4. The van der Waals surface area contributed by atoms with Crippen LogP contribution in [0.2, 0.25) is 0 Å². The van der Waals surface area contributed by atoms with Gasteiger partial charge in [0, 0.05) is 248 Å². The van der Waals surface area contributed by atoms with Crippen LogP contribution in [0.5, 0.6) is 23.0 Å². The van der Waals surface area contributed by atoms with E-state index in [1.165, 1.54) is 55.0 Å². The van der Waals surface area contributed by atoms with E-state index in [1.807, 2.05) is 106 Å². The lowest BCUT2D eigenvalue weighted by molar-refractivity contribution is -0.325. The third-order valence-corrected chi connectivity index (χ3v) is 24.6. The third-order valence-electron chi connectivity index (χ3n) is 24.6. The number of aromatic nitrogens is 22. The number of hydrogen-bond acceptors (Lipinski definition) is 46. The van der Waals surface area contributed by atoms with E-state index < -0.39 is 20.0 Å². The number of hydrogen-bond donors (Lipinski definition) is 4. The molecule has 0 aliphatic carbocycles. The molecule has 20 rings (SSSR count). The van der Waals surface area contributed by atoms with Gasteiger partial charge in [-0.05, 0) is 72.8 Å². The molecule has 13 aromatic heterocycles. The van der Waals surface area contributed by atoms with Crippen LogP contribution in [-0.4, -0.2) is 394 Å². The molecule has 0 bridgehead atoms. The number of ether oxygens (including phenoxy) is 8. The first-order valence-electron chi connectivity index (χ1n) is 49.1. The van der Waals surface area contributed by atoms with Gasteiger partial charge in [0.15, 0.2) is 28.3 Å². The van der Waals surface area contributed by atoms with Gasteiger partial charge in [-0.2, -0.15) is 38.0 Å². The molecule has 0 atom stereocenters. The van der Waals surface area contributed by atoms with Gasteiger partial charge in [0.25, 0.3) is 23.6 Å². The molecular formula is C94H119F3N38O12. The Kier molecular flexibility index (Phi) is 32.9. The Morgan fingerprint density at radius 2 is 0.599 bits per heavy atom. The number of nitrogen functional groups attached to an aromatic ring is 4. The molecule has 4 saturated heterocycles. The van der Waals surface area contributed by atoms with Gasteiger partial charge in [0.2, 0.25) is 53.0 Å². The van der Waals surface area contributed by atoms with Gasteiger partial charge in [-0.25, -0.2) is 49.8 Å². The lowest BCUT2D eigenvalue weighted by atomic mass is 10.2. The number of anilines is 12. The minimum atomic E-state index is -4.65. The molecule has 4 aliphatic rings. The SMILES string of the molecule is CN(CCN1CCN(c2ccc(OCCOC(F)(F)F)cc2)CC1)c1cc2nc(-c3ncco3)nn2c(N)n1.COCCOc1ccc(N2CCN(CCN(C)c3cc4nc(-c5ncco5)nn4c(N)n3)CC2)cc1.COCCOc1cnc(N2CCN(CCN(C)c3cc4nc(-c5ncco5)nn4c(N)n3)CC2)nc1.[2H]C([2H])([2H])OCCOc1ccc(N2CCN(CCN(C)c3cc4nc(-c5ncco5)nn4c(N)n3)CC2)cc1. The third kappa shape index (κ3) is 27.4. The van der Waals surface area contributed by atoms with Crippen LogP contribution in [0.1, 0.15) is 4.11 Å². The Labute approximate surface area is 846 Å². The molecule has 0 spiro atoms. The van der Waals surface area contributed by atoms with Gasteiger partial charge in [0.1, 0.15) is 92.0 Å². The van der Waals surface area contributed by atoms with Crippen LogP contribution in [0.15, 0.2) is 177 Å². The van der Waals surface area contributed by atoms with Crippen LogP contribution in [0, 0.1) is 0 Å². The molecule has 4 aliphatic heterocycles. The number of piperazine rings is 4. The number of benzene rings is 3. The maximum absolute atomic E-state index is 12.0. The number of methoxy groups -OCH3 is 3. The fraction of sp³-hybridized carbons (Fsp3) is 0.426. The fourth-order valence-corrected chi connectivity index (χ4v) is 16.4. The molecule has 17 heterocycles. The van der Waals surface area contributed by atoms with Crippen LogP contribution in [-0.2, 0) is 18.9 Å². The van der Waals surface area contributed by atoms with E-state index in [-0.39, 0.29) is 43.6 Å². The van der Waals surface area contributed by atoms with Crippen molar-refractivity contribution in [1.82, 2.24) is 128 Å². The standard InChI is InChI=1S/C24H28F3N9O3.2C24H31N9O3.C22H29N11O3/c1-33(19-16-20-30-21(22-29-6-13-38-22)32-36(20)23(28)31-19)7-8-34-9-11-35(12-10-34)17-2-4-18(5-3-17)37-14-15-39-24(25,26)27;2*1-30(20-17-21-27-22(23-26-7-14-36-23)29-33(21)24(25)28-20)8-9-31-10-12-32(13-11-31)18-3-5-19(6-4-18)35-16-15-34-2;1-30(17-13-18-27-19(20-24-3-10-36-20)29-33(18)21(23)28-17)4-5-31-6-8-32(9-7-31)22-25-14-16(15-26-22)35-12-11-34-2/h2-6,13,16H,7-12,14-15H2,1H3,(H2,28,31);2*3-7,14,17H,8-13,15-16H2,1-2H3,(H2,25,28);3,10,13-15H,4-9,11-12H2,1-2H3,(H2,23,28)/i;2D3;;. The van der Waals surface area contributed by atoms with Gasteiger partial charge in [-0.1, -0.05) is 0 Å². The summed E-state index contributed by atoms with van der Waals surface area (Å²) in [6, 6.07) is 30.8. The van der Waals surface area contributed by atoms with Crippen molar-refractivity contribution in [3.63, 3.8) is 0 Å². The Hall–Kier alpha value is -16.0. The van der Waals surface area contributed by atoms with Crippen molar-refractivity contribution in [2.45, 2.75) is 6.36 Å². The molecule has 8 N–H and O–H groups in total. The maximum Gasteiger partial charge on any atom is 0.522 e. The van der Waals surface area contributed by atoms with E-state index in [4.69, 9.17) is 77.9 Å². The molecule has 50 nitrogen and oxygen atoms in total. The zero-order valence-electron chi connectivity index (χ0n) is 85.2. The number of rotatable bonds is 40. The number of fused-ring (bicyclic) bond motifs is 4. The fourth-order valence-electron chi connectivity index (χ4n) is 16.4. The summed E-state index contributed by atoms with van der Waals surface area (Å²) in [5.74, 6) is 10.0. The van der Waals surface area contributed by atoms with Crippen molar-refractivity contribution in [1.29, 1.82) is 0 Å². The highest BCUT2D eigenvalue weighted by Gasteiger charge is 2.31. The second-order valence-corrected chi connectivity index (χ2v) is 34.3. The highest BCUT2D eigenvalue weighted by atomic mass is 19.4. The van der Waals surface area contributed by atoms with Gasteiger partial charge in [0.05, 0.1) is 67.7 Å². The average molecular weight is 2030 g/mol. The van der Waals surface area contributed by atoms with Crippen molar-refractivity contribution in [2.75, 3.05) is 322 Å². The molecule has 53 heteroatoms. The van der Waals surface area contributed by atoms with Gasteiger partial charge in [-0.15, -0.1) is 33.6 Å². The summed E-state index contributed by atoms with van der Waals surface area (Å²) in [4.78, 5) is 88.3. The number of likely N-dealkylation sites (N-methyl/N-ethyl adjacent to an activating group) is 4. The second-order valence-electron chi connectivity index (χ2n) is 34.3. The zero-order valence-corrected chi connectivity index (χ0v) is 82.2. The minimum Gasteiger partial charge on any atom is -0.491 e. The predicted molar refractivity (Wildman–Crippen MR) is 541 cm³/mol. The maximum atomic E-state index is 12.0. The Morgan fingerprint density at radius 3 is 0.857 bits per heavy atom. The molecule has 4 fully saturated rings. The normalized spacial score (nSPS) is 14.9. The first kappa shape index (κ1) is 98.4. The molecule has 3 aromatic carbocycles. The van der Waals surface area contributed by atoms with Crippen molar-refractivity contribution in [3.05, 3.63) is 159 Å². The van der Waals surface area contributed by atoms with E-state index in [1.54, 1.807) is 57.3 Å². The highest BCUT2D eigenvalue weighted by molar-refractivity contribution is 5.63. The van der Waals surface area contributed by atoms with Crippen molar-refractivity contribution >= 4 is 92.7 Å². The van der Waals surface area contributed by atoms with Crippen LogP contribution in [0.25, 0.3) is 69.4 Å². The van der Waals surface area contributed by atoms with Gasteiger partial charge < -0.3 is 113 Å². The summed E-state index contributed by atoms with van der Waals surface area (Å²) >= 11 is 0. The number of nitrogens with two attached hydrogens (primary N) is 4. The summed E-state index contributed by atoms with van der Waals surface area (Å²) < 4.78 is 125. The molecular weight excluding hydrogens is 1910 g/mol. The van der Waals surface area contributed by atoms with Crippen LogP contribution < -0.4 is 81.1 Å². The molecule has 778 valence electrons. The van der Waals surface area contributed by atoms with Crippen LogP contribution >= 0.6 is 0 Å². The summed E-state index contributed by atoms with van der Waals surface area (Å²) in [7, 11) is 8.86. The van der Waals surface area contributed by atoms with Gasteiger partial charge in [-0.3, -0.25) is 24.3 Å². The van der Waals surface area contributed by atoms with E-state index in [0.717, 1.165) is 198 Å². The average Bonchev–Trinajstić information content (AvgIpc) is 1.65. The second kappa shape index (κ2) is 49.1. The molecule has 0 radical (unpaired) electrons. The molecule has 147 heavy (non-hydrogen) atoms. The molecule has 16 aromatic rings. The topological polar surface area (TPSA) is 519 Å². The van der Waals surface area contributed by atoms with E-state index >= 15 is 0 Å². The lowest BCUT2D eigenvalue weighted by Crippen LogP contribution is -2.48. The Balaban J connectivity index is 0.000000136. The monoisotopic (exact) mass is 2030 g/mol. The van der Waals surface area contributed by atoms with E-state index in [9.17, 15) is 13.2 Å². The number of nitrogens with zero attached hydrogens (tertiary/aromatic N) is 34.